The lowest BCUT2D eigenvalue weighted by Crippen LogP contribution is -2.13. The summed E-state index contributed by atoms with van der Waals surface area (Å²) in [5.41, 5.74) is 1.40. The summed E-state index contributed by atoms with van der Waals surface area (Å²) in [4.78, 5) is 16.5. The van der Waals surface area contributed by atoms with Crippen molar-refractivity contribution in [1.29, 1.82) is 0 Å². The first-order valence-electron chi connectivity index (χ1n) is 8.93. The number of halogens is 3. The molecule has 2 aromatic rings. The van der Waals surface area contributed by atoms with Crippen LogP contribution < -0.4 is 4.74 Å². The van der Waals surface area contributed by atoms with Gasteiger partial charge in [0, 0.05) is 11.8 Å². The molecule has 7 heteroatoms. The Morgan fingerprint density at radius 2 is 1.96 bits per heavy atom. The number of hydrogen-bond acceptors (Lipinski definition) is 4. The first kappa shape index (κ1) is 17.8. The molecule has 2 aliphatic carbocycles. The first-order valence-corrected chi connectivity index (χ1v) is 8.93. The molecule has 1 heterocycles. The molecule has 1 aromatic heterocycles. The number of rotatable bonds is 4. The van der Waals surface area contributed by atoms with Crippen molar-refractivity contribution in [2.45, 2.75) is 44.2 Å². The number of alkyl halides is 3. The Balaban J connectivity index is 1.72. The van der Waals surface area contributed by atoms with Crippen LogP contribution in [0.25, 0.3) is 0 Å². The van der Waals surface area contributed by atoms with Crippen LogP contribution in [-0.4, -0.2) is 17.6 Å². The molecule has 1 saturated carbocycles. The van der Waals surface area contributed by atoms with Crippen LogP contribution in [0.15, 0.2) is 30.5 Å². The third-order valence-electron chi connectivity index (χ3n) is 5.24. The lowest BCUT2D eigenvalue weighted by molar-refractivity contribution is -0.137. The number of ether oxygens (including phenoxy) is 2. The molecule has 4 nitrogen and oxygen atoms in total. The van der Waals surface area contributed by atoms with Gasteiger partial charge in [-0.25, -0.2) is 9.78 Å². The average molecular weight is 377 g/mol. The molecule has 2 unspecified atom stereocenters. The number of carbonyl (C=O) groups is 1. The number of carbonyl (C=O) groups excluding carboxylic acids is 1. The zero-order valence-corrected chi connectivity index (χ0v) is 14.7. The SMILES string of the molecule is CCOC(=O)c1cnc(Oc2cccc(C(F)(F)F)c2)c2c1C1CCC2C1. The molecule has 1 fully saturated rings. The predicted octanol–water partition coefficient (Wildman–Crippen LogP) is 5.43. The molecule has 2 atom stereocenters. The number of esters is 1. The van der Waals surface area contributed by atoms with Crippen LogP contribution in [-0.2, 0) is 10.9 Å². The van der Waals surface area contributed by atoms with Crippen molar-refractivity contribution in [3.63, 3.8) is 0 Å². The second-order valence-corrected chi connectivity index (χ2v) is 6.86. The van der Waals surface area contributed by atoms with E-state index in [1.807, 2.05) is 0 Å². The summed E-state index contributed by atoms with van der Waals surface area (Å²) in [5, 5.41) is 0. The van der Waals surface area contributed by atoms with Crippen molar-refractivity contribution in [3.8, 4) is 11.6 Å². The normalized spacial score (nSPS) is 20.4. The van der Waals surface area contributed by atoms with Gasteiger partial charge in [0.25, 0.3) is 0 Å². The van der Waals surface area contributed by atoms with Crippen LogP contribution in [0, 0.1) is 0 Å². The van der Waals surface area contributed by atoms with E-state index in [1.165, 1.54) is 18.3 Å². The van der Waals surface area contributed by atoms with Gasteiger partial charge in [-0.1, -0.05) is 6.07 Å². The second-order valence-electron chi connectivity index (χ2n) is 6.86. The molecular weight excluding hydrogens is 359 g/mol. The standard InChI is InChI=1S/C20H18F3NO3/c1-2-26-19(25)15-10-24-18(17-12-7-6-11(8-12)16(15)17)27-14-5-3-4-13(9-14)20(21,22)23/h3-5,9-12H,2,6-8H2,1H3. The summed E-state index contributed by atoms with van der Waals surface area (Å²) >= 11 is 0. The molecule has 2 aliphatic rings. The highest BCUT2D eigenvalue weighted by atomic mass is 19.4. The number of nitrogens with zero attached hydrogens (tertiary/aromatic N) is 1. The Hall–Kier alpha value is -2.57. The van der Waals surface area contributed by atoms with Crippen LogP contribution in [0.3, 0.4) is 0 Å². The Labute approximate surface area is 154 Å². The number of hydrogen-bond donors (Lipinski definition) is 0. The van der Waals surface area contributed by atoms with E-state index in [0.717, 1.165) is 42.5 Å². The van der Waals surface area contributed by atoms with Crippen molar-refractivity contribution in [1.82, 2.24) is 4.98 Å². The van der Waals surface area contributed by atoms with Crippen LogP contribution in [0.2, 0.25) is 0 Å². The summed E-state index contributed by atoms with van der Waals surface area (Å²) < 4.78 is 49.7. The molecule has 0 spiro atoms. The number of fused-ring (bicyclic) bond motifs is 5. The van der Waals surface area contributed by atoms with Crippen molar-refractivity contribution in [2.24, 2.45) is 0 Å². The first-order chi connectivity index (χ1) is 12.9. The number of benzene rings is 1. The van der Waals surface area contributed by atoms with Gasteiger partial charge in [0.2, 0.25) is 5.88 Å². The zero-order chi connectivity index (χ0) is 19.2. The molecule has 0 radical (unpaired) electrons. The van der Waals surface area contributed by atoms with Gasteiger partial charge >= 0.3 is 12.1 Å². The summed E-state index contributed by atoms with van der Waals surface area (Å²) in [6.45, 7) is 2.01. The topological polar surface area (TPSA) is 48.4 Å². The molecular formula is C20H18F3NO3. The average Bonchev–Trinajstić information content (AvgIpc) is 3.24. The van der Waals surface area contributed by atoms with Crippen molar-refractivity contribution >= 4 is 5.97 Å². The van der Waals surface area contributed by atoms with E-state index in [0.29, 0.717) is 5.56 Å². The summed E-state index contributed by atoms with van der Waals surface area (Å²) in [6.07, 6.45) is -0.171. The monoisotopic (exact) mass is 377 g/mol. The Bertz CT molecular complexity index is 895. The van der Waals surface area contributed by atoms with Crippen LogP contribution in [0.1, 0.15) is 65.1 Å². The fourth-order valence-corrected chi connectivity index (χ4v) is 4.16. The minimum Gasteiger partial charge on any atom is -0.462 e. The van der Waals surface area contributed by atoms with Crippen LogP contribution >= 0.6 is 0 Å². The van der Waals surface area contributed by atoms with Crippen molar-refractivity contribution < 1.29 is 27.4 Å². The van der Waals surface area contributed by atoms with E-state index < -0.39 is 17.7 Å². The summed E-state index contributed by atoms with van der Waals surface area (Å²) in [5.74, 6) is 0.402. The number of aromatic nitrogens is 1. The van der Waals surface area contributed by atoms with Crippen LogP contribution in [0.5, 0.6) is 11.6 Å². The quantitative estimate of drug-likeness (QED) is 0.666. The Morgan fingerprint density at radius 1 is 1.22 bits per heavy atom. The predicted molar refractivity (Wildman–Crippen MR) is 91.0 cm³/mol. The molecule has 27 heavy (non-hydrogen) atoms. The number of pyridine rings is 1. The van der Waals surface area contributed by atoms with E-state index >= 15 is 0 Å². The van der Waals surface area contributed by atoms with E-state index in [2.05, 4.69) is 4.98 Å². The van der Waals surface area contributed by atoms with Gasteiger partial charge in [-0.2, -0.15) is 13.2 Å². The van der Waals surface area contributed by atoms with Gasteiger partial charge in [-0.15, -0.1) is 0 Å². The smallest absolute Gasteiger partial charge is 0.416 e. The highest BCUT2D eigenvalue weighted by Gasteiger charge is 2.43. The van der Waals surface area contributed by atoms with Crippen molar-refractivity contribution in [2.75, 3.05) is 6.61 Å². The van der Waals surface area contributed by atoms with E-state index in [1.54, 1.807) is 6.92 Å². The van der Waals surface area contributed by atoms with Gasteiger partial charge in [0.1, 0.15) is 5.75 Å². The van der Waals surface area contributed by atoms with Gasteiger partial charge in [-0.05, 0) is 61.8 Å². The Morgan fingerprint density at radius 3 is 2.67 bits per heavy atom. The van der Waals surface area contributed by atoms with Crippen LogP contribution in [0.4, 0.5) is 13.2 Å². The molecule has 4 rings (SSSR count). The second kappa shape index (κ2) is 6.55. The molecule has 0 amide bonds. The highest BCUT2D eigenvalue weighted by molar-refractivity contribution is 5.92. The minimum absolute atomic E-state index is 0.0752. The summed E-state index contributed by atoms with van der Waals surface area (Å²) in [6, 6.07) is 4.73. The molecule has 1 aromatic carbocycles. The van der Waals surface area contributed by atoms with Gasteiger partial charge in [0.05, 0.1) is 17.7 Å². The largest absolute Gasteiger partial charge is 0.462 e. The lowest BCUT2D eigenvalue weighted by atomic mass is 9.89. The van der Waals surface area contributed by atoms with Gasteiger partial charge in [-0.3, -0.25) is 0 Å². The lowest BCUT2D eigenvalue weighted by Gasteiger charge is -2.20. The molecule has 142 valence electrons. The molecule has 0 aliphatic heterocycles. The maximum absolute atomic E-state index is 12.9. The maximum atomic E-state index is 12.9. The maximum Gasteiger partial charge on any atom is 0.416 e. The fraction of sp³-hybridized carbons (Fsp3) is 0.400. The van der Waals surface area contributed by atoms with E-state index in [4.69, 9.17) is 9.47 Å². The minimum atomic E-state index is -4.44. The zero-order valence-electron chi connectivity index (χ0n) is 14.7. The van der Waals surface area contributed by atoms with Crippen molar-refractivity contribution in [3.05, 3.63) is 52.7 Å². The molecule has 0 saturated heterocycles. The fourth-order valence-electron chi connectivity index (χ4n) is 4.16. The van der Waals surface area contributed by atoms with E-state index in [9.17, 15) is 18.0 Å². The van der Waals surface area contributed by atoms with E-state index in [-0.39, 0.29) is 30.1 Å². The summed E-state index contributed by atoms with van der Waals surface area (Å²) in [7, 11) is 0. The van der Waals surface area contributed by atoms with Gasteiger partial charge < -0.3 is 9.47 Å². The molecule has 2 bridgehead atoms. The Kier molecular flexibility index (Phi) is 4.32. The third kappa shape index (κ3) is 3.15. The highest BCUT2D eigenvalue weighted by Crippen LogP contribution is 2.56. The molecule has 0 N–H and O–H groups in total. The van der Waals surface area contributed by atoms with Gasteiger partial charge in [0.15, 0.2) is 0 Å². The third-order valence-corrected chi connectivity index (χ3v) is 5.24.